The van der Waals surface area contributed by atoms with Gasteiger partial charge in [0.15, 0.2) is 0 Å². The van der Waals surface area contributed by atoms with Crippen LogP contribution in [0.2, 0.25) is 0 Å². The quantitative estimate of drug-likeness (QED) is 0.173. The zero-order valence-corrected chi connectivity index (χ0v) is 13.9. The summed E-state index contributed by atoms with van der Waals surface area (Å²) in [5.41, 5.74) is 1.28. The molecule has 0 aliphatic rings. The zero-order chi connectivity index (χ0) is 17.0. The van der Waals surface area contributed by atoms with Gasteiger partial charge in [-0.05, 0) is 35.7 Å². The first kappa shape index (κ1) is 20.8. The lowest BCUT2D eigenvalue weighted by Gasteiger charge is -2.00. The van der Waals surface area contributed by atoms with Gasteiger partial charge in [-0.3, -0.25) is 0 Å². The van der Waals surface area contributed by atoms with Gasteiger partial charge in [0.2, 0.25) is 5.04 Å². The van der Waals surface area contributed by atoms with Crippen LogP contribution < -0.4 is 0 Å². The molecule has 0 aromatic heterocycles. The van der Waals surface area contributed by atoms with Crippen molar-refractivity contribution in [3.05, 3.63) is 47.4 Å². The molecule has 0 aliphatic carbocycles. The highest BCUT2D eigenvalue weighted by Gasteiger charge is 2.20. The van der Waals surface area contributed by atoms with Crippen molar-refractivity contribution in [2.45, 2.75) is 26.2 Å². The Morgan fingerprint density at radius 2 is 1.68 bits per heavy atom. The first-order valence-corrected chi connectivity index (χ1v) is 7.92. The Kier molecular flexibility index (Phi) is 10.7. The van der Waals surface area contributed by atoms with Crippen LogP contribution in [0.15, 0.2) is 41.8 Å². The van der Waals surface area contributed by atoms with E-state index in [1.165, 1.54) is 29.9 Å². The lowest BCUT2D eigenvalue weighted by molar-refractivity contribution is -0.460. The summed E-state index contributed by atoms with van der Waals surface area (Å²) in [5.74, 6) is 0. The van der Waals surface area contributed by atoms with Gasteiger partial charge < -0.3 is 17.3 Å². The summed E-state index contributed by atoms with van der Waals surface area (Å²) in [6.45, 7) is 2.22. The largest absolute Gasteiger partial charge is 0.673 e. The van der Waals surface area contributed by atoms with Crippen molar-refractivity contribution in [2.24, 2.45) is 0 Å². The van der Waals surface area contributed by atoms with Gasteiger partial charge in [0.25, 0.3) is 0 Å². The van der Waals surface area contributed by atoms with E-state index >= 15 is 0 Å². The second kappa shape index (κ2) is 11.3. The highest BCUT2D eigenvalue weighted by atomic mass is 32.2. The molecule has 1 rings (SSSR count). The molecule has 7 heteroatoms. The van der Waals surface area contributed by atoms with Gasteiger partial charge in [0.1, 0.15) is 14.1 Å². The Morgan fingerprint density at radius 3 is 2.14 bits per heavy atom. The summed E-state index contributed by atoms with van der Waals surface area (Å²) in [4.78, 5) is 0. The van der Waals surface area contributed by atoms with Gasteiger partial charge in [-0.15, -0.1) is 0 Å². The third kappa shape index (κ3) is 12.5. The molecule has 0 heterocycles. The maximum atomic E-state index is 9.75. The Morgan fingerprint density at radius 1 is 1.14 bits per heavy atom. The number of hydrogen-bond donors (Lipinski definition) is 0. The summed E-state index contributed by atoms with van der Waals surface area (Å²) in [6.07, 6.45) is 5.98. The standard InChI is InChI=1S/C15H22NS.BF4/c1-4-5-6-10-13-17-15(16(2)3)14-11-8-7-9-12-14;2-1(3,4)5/h7-13H,4-6H2,1-3H3;/q+1;-1/b13-10-;. The van der Waals surface area contributed by atoms with Gasteiger partial charge in [-0.25, -0.2) is 4.58 Å². The topological polar surface area (TPSA) is 3.01 Å². The van der Waals surface area contributed by atoms with Crippen molar-refractivity contribution in [1.82, 2.24) is 0 Å². The number of halogens is 4. The van der Waals surface area contributed by atoms with E-state index in [0.29, 0.717) is 0 Å². The molecule has 0 fully saturated rings. The predicted octanol–water partition coefficient (Wildman–Crippen LogP) is 5.44. The normalized spacial score (nSPS) is 11.0. The number of unbranched alkanes of at least 4 members (excludes halogenated alkanes) is 2. The maximum Gasteiger partial charge on any atom is 0.673 e. The molecule has 124 valence electrons. The van der Waals surface area contributed by atoms with Gasteiger partial charge in [-0.2, -0.15) is 0 Å². The molecule has 22 heavy (non-hydrogen) atoms. The van der Waals surface area contributed by atoms with Crippen LogP contribution in [-0.2, 0) is 0 Å². The van der Waals surface area contributed by atoms with Gasteiger partial charge in [-0.1, -0.05) is 44.0 Å². The van der Waals surface area contributed by atoms with Crippen LogP contribution in [0.3, 0.4) is 0 Å². The summed E-state index contributed by atoms with van der Waals surface area (Å²) in [5, 5.41) is 3.50. The maximum absolute atomic E-state index is 9.75. The van der Waals surface area contributed by atoms with Crippen molar-refractivity contribution in [3.8, 4) is 0 Å². The zero-order valence-electron chi connectivity index (χ0n) is 13.1. The van der Waals surface area contributed by atoms with E-state index in [9.17, 15) is 17.3 Å². The fraction of sp³-hybridized carbons (Fsp3) is 0.400. The number of allylic oxidation sites excluding steroid dienone is 1. The molecule has 1 nitrogen and oxygen atoms in total. The summed E-state index contributed by atoms with van der Waals surface area (Å²) in [7, 11) is -1.82. The van der Waals surface area contributed by atoms with Crippen LogP contribution >= 0.6 is 11.8 Å². The Bertz CT molecular complexity index is 462. The fourth-order valence-electron chi connectivity index (χ4n) is 1.51. The molecule has 0 radical (unpaired) electrons. The highest BCUT2D eigenvalue weighted by Crippen LogP contribution is 2.14. The number of hydrogen-bond acceptors (Lipinski definition) is 1. The molecule has 0 amide bonds. The van der Waals surface area contributed by atoms with Crippen LogP contribution in [0, 0.1) is 0 Å². The molecule has 0 saturated carbocycles. The molecular formula is C15H22BF4NS. The number of benzene rings is 1. The minimum atomic E-state index is -6.00. The third-order valence-corrected chi connectivity index (χ3v) is 3.58. The van der Waals surface area contributed by atoms with E-state index in [1.807, 2.05) is 0 Å². The van der Waals surface area contributed by atoms with E-state index in [1.54, 1.807) is 11.8 Å². The molecule has 0 atom stereocenters. The van der Waals surface area contributed by atoms with E-state index in [4.69, 9.17) is 0 Å². The first-order valence-electron chi connectivity index (χ1n) is 7.04. The van der Waals surface area contributed by atoms with Crippen molar-refractivity contribution in [1.29, 1.82) is 0 Å². The van der Waals surface area contributed by atoms with Gasteiger partial charge in [0.05, 0.1) is 5.56 Å². The lowest BCUT2D eigenvalue weighted by atomic mass is 10.2. The smallest absolute Gasteiger partial charge is 0.418 e. The van der Waals surface area contributed by atoms with Crippen molar-refractivity contribution in [3.63, 3.8) is 0 Å². The molecular weight excluding hydrogens is 313 g/mol. The van der Waals surface area contributed by atoms with Crippen molar-refractivity contribution < 1.29 is 21.8 Å². The number of nitrogens with zero attached hydrogens (tertiary/aromatic N) is 1. The highest BCUT2D eigenvalue weighted by molar-refractivity contribution is 8.16. The van der Waals surface area contributed by atoms with Crippen LogP contribution in [0.4, 0.5) is 17.3 Å². The third-order valence-electron chi connectivity index (χ3n) is 2.43. The average molecular weight is 335 g/mol. The van der Waals surface area contributed by atoms with E-state index in [-0.39, 0.29) is 0 Å². The molecule has 0 spiro atoms. The van der Waals surface area contributed by atoms with Gasteiger partial charge in [0, 0.05) is 0 Å². The SMILES string of the molecule is CCCC/C=C\SC(c1ccccc1)=[N+](C)C.F[B-](F)(F)F. The minimum Gasteiger partial charge on any atom is -0.418 e. The number of rotatable bonds is 5. The molecule has 1 aromatic rings. The molecule has 0 bridgehead atoms. The second-order valence-electron chi connectivity index (χ2n) is 4.69. The Labute approximate surface area is 134 Å². The van der Waals surface area contributed by atoms with Gasteiger partial charge >= 0.3 is 7.25 Å². The van der Waals surface area contributed by atoms with E-state index < -0.39 is 7.25 Å². The number of thioether (sulfide) groups is 1. The predicted molar refractivity (Wildman–Crippen MR) is 89.1 cm³/mol. The van der Waals surface area contributed by atoms with Crippen LogP contribution in [0.5, 0.6) is 0 Å². The lowest BCUT2D eigenvalue weighted by Crippen LogP contribution is -2.10. The van der Waals surface area contributed by atoms with Crippen molar-refractivity contribution >= 4 is 24.1 Å². The molecule has 0 N–H and O–H groups in total. The van der Waals surface area contributed by atoms with Crippen LogP contribution in [-0.4, -0.2) is 31.0 Å². The molecule has 0 saturated heterocycles. The summed E-state index contributed by atoms with van der Waals surface area (Å²) >= 11 is 1.80. The Hall–Kier alpha value is -1.24. The Balaban J connectivity index is 0.000000763. The van der Waals surface area contributed by atoms with E-state index in [2.05, 4.69) is 67.4 Å². The monoisotopic (exact) mass is 335 g/mol. The minimum absolute atomic E-state index is 1.18. The summed E-state index contributed by atoms with van der Waals surface area (Å²) < 4.78 is 41.2. The van der Waals surface area contributed by atoms with Crippen LogP contribution in [0.1, 0.15) is 31.7 Å². The molecule has 0 unspecified atom stereocenters. The molecule has 0 aliphatic heterocycles. The average Bonchev–Trinajstić information content (AvgIpc) is 2.41. The first-order chi connectivity index (χ1) is 10.3. The molecule has 1 aromatic carbocycles. The van der Waals surface area contributed by atoms with E-state index in [0.717, 1.165) is 0 Å². The second-order valence-corrected chi connectivity index (χ2v) is 5.59. The van der Waals surface area contributed by atoms with Crippen LogP contribution in [0.25, 0.3) is 0 Å². The summed E-state index contributed by atoms with van der Waals surface area (Å²) in [6, 6.07) is 10.5. The van der Waals surface area contributed by atoms with Crippen molar-refractivity contribution in [2.75, 3.05) is 14.1 Å². The fourth-order valence-corrected chi connectivity index (χ4v) is 2.36.